The van der Waals surface area contributed by atoms with E-state index in [9.17, 15) is 9.59 Å². The number of rotatable bonds is 13. The molecule has 1 amide bonds. The lowest BCUT2D eigenvalue weighted by Gasteiger charge is -2.04. The zero-order chi connectivity index (χ0) is 14.3. The minimum atomic E-state index is 0.102. The van der Waals surface area contributed by atoms with Crippen molar-refractivity contribution in [3.8, 4) is 0 Å². The Balaban J connectivity index is 3.23. The lowest BCUT2D eigenvalue weighted by molar-refractivity contribution is -0.122. The normalized spacial score (nSPS) is 10.4. The summed E-state index contributed by atoms with van der Waals surface area (Å²) in [6.45, 7) is 2.60. The van der Waals surface area contributed by atoms with Crippen molar-refractivity contribution in [3.05, 3.63) is 0 Å². The number of carbonyl (C=O) groups is 2. The zero-order valence-electron chi connectivity index (χ0n) is 11.7. The summed E-state index contributed by atoms with van der Waals surface area (Å²) in [5.74, 6) is 3.38. The van der Waals surface area contributed by atoms with Crippen LogP contribution in [0.15, 0.2) is 0 Å². The summed E-state index contributed by atoms with van der Waals surface area (Å²) in [7, 11) is 3.63. The third kappa shape index (κ3) is 14.4. The van der Waals surface area contributed by atoms with E-state index in [0.29, 0.717) is 19.3 Å². The van der Waals surface area contributed by atoms with Gasteiger partial charge in [-0.3, -0.25) is 9.59 Å². The topological polar surface area (TPSA) is 46.2 Å². The monoisotopic (exact) mass is 323 g/mol. The molecule has 0 unspecified atom stereocenters. The Kier molecular flexibility index (Phi) is 14.7. The summed E-state index contributed by atoms with van der Waals surface area (Å²) < 4.78 is 0. The molecule has 0 fully saturated rings. The maximum atomic E-state index is 11.5. The van der Waals surface area contributed by atoms with Gasteiger partial charge in [0, 0.05) is 37.3 Å². The number of Topliss-reactive ketones (excluding diaryl/α,β-unsaturated/α-hetero) is 1. The van der Waals surface area contributed by atoms with E-state index in [4.69, 9.17) is 0 Å². The van der Waals surface area contributed by atoms with Crippen LogP contribution >= 0.6 is 34.2 Å². The number of thiol groups is 1. The average Bonchev–Trinajstić information content (AvgIpc) is 2.42. The standard InChI is InChI=1S/C13H25NO2S3/c1-2-12(15)6-3-4-7-13(16)14-8-11-19-18-10-5-9-17/h17H,2-11H2,1H3,(H,14,16). The second-order valence-electron chi connectivity index (χ2n) is 4.17. The van der Waals surface area contributed by atoms with Crippen LogP contribution in [0.4, 0.5) is 0 Å². The average molecular weight is 324 g/mol. The highest BCUT2D eigenvalue weighted by Gasteiger charge is 2.02. The van der Waals surface area contributed by atoms with E-state index < -0.39 is 0 Å². The van der Waals surface area contributed by atoms with Crippen LogP contribution in [0.3, 0.4) is 0 Å². The van der Waals surface area contributed by atoms with Crippen LogP contribution in [0.25, 0.3) is 0 Å². The molecule has 6 heteroatoms. The Hall–Kier alpha value is 0.190. The lowest BCUT2D eigenvalue weighted by atomic mass is 10.1. The molecule has 0 spiro atoms. The Bertz CT molecular complexity index is 250. The van der Waals surface area contributed by atoms with Gasteiger partial charge in [0.25, 0.3) is 0 Å². The van der Waals surface area contributed by atoms with Crippen LogP contribution in [0.5, 0.6) is 0 Å². The van der Waals surface area contributed by atoms with Gasteiger partial charge in [0.15, 0.2) is 0 Å². The number of carbonyl (C=O) groups excluding carboxylic acids is 2. The summed E-state index contributed by atoms with van der Waals surface area (Å²) in [4.78, 5) is 22.5. The first-order valence-corrected chi connectivity index (χ1v) is 9.96. The van der Waals surface area contributed by atoms with Crippen molar-refractivity contribution >= 4 is 45.9 Å². The maximum Gasteiger partial charge on any atom is 0.220 e. The first-order chi connectivity index (χ1) is 9.20. The molecule has 3 nitrogen and oxygen atoms in total. The van der Waals surface area contributed by atoms with Gasteiger partial charge >= 0.3 is 0 Å². The van der Waals surface area contributed by atoms with E-state index >= 15 is 0 Å². The van der Waals surface area contributed by atoms with Crippen molar-refractivity contribution < 1.29 is 9.59 Å². The van der Waals surface area contributed by atoms with Gasteiger partial charge in [-0.2, -0.15) is 12.6 Å². The minimum Gasteiger partial charge on any atom is -0.355 e. The molecule has 0 bridgehead atoms. The van der Waals surface area contributed by atoms with Crippen molar-refractivity contribution in [2.45, 2.75) is 45.4 Å². The zero-order valence-corrected chi connectivity index (χ0v) is 14.2. The van der Waals surface area contributed by atoms with Crippen molar-refractivity contribution in [3.63, 3.8) is 0 Å². The van der Waals surface area contributed by atoms with Crippen LogP contribution < -0.4 is 5.32 Å². The van der Waals surface area contributed by atoms with Crippen LogP contribution in [0, 0.1) is 0 Å². The summed E-state index contributed by atoms with van der Waals surface area (Å²) in [6, 6.07) is 0. The van der Waals surface area contributed by atoms with Crippen molar-refractivity contribution in [2.24, 2.45) is 0 Å². The van der Waals surface area contributed by atoms with E-state index in [1.165, 1.54) is 0 Å². The van der Waals surface area contributed by atoms with Gasteiger partial charge < -0.3 is 5.32 Å². The fraction of sp³-hybridized carbons (Fsp3) is 0.846. The molecule has 0 saturated carbocycles. The Morgan fingerprint density at radius 2 is 1.74 bits per heavy atom. The van der Waals surface area contributed by atoms with E-state index in [-0.39, 0.29) is 11.7 Å². The number of unbranched alkanes of at least 4 members (excludes halogenated alkanes) is 1. The maximum absolute atomic E-state index is 11.5. The van der Waals surface area contributed by atoms with Gasteiger partial charge in [0.2, 0.25) is 5.91 Å². The van der Waals surface area contributed by atoms with Gasteiger partial charge in [-0.25, -0.2) is 0 Å². The second kappa shape index (κ2) is 14.6. The summed E-state index contributed by atoms with van der Waals surface area (Å²) >= 11 is 4.15. The van der Waals surface area contributed by atoms with Gasteiger partial charge in [0.05, 0.1) is 0 Å². The molecule has 0 aliphatic carbocycles. The van der Waals surface area contributed by atoms with Crippen LogP contribution in [-0.2, 0) is 9.59 Å². The molecule has 19 heavy (non-hydrogen) atoms. The minimum absolute atomic E-state index is 0.102. The highest BCUT2D eigenvalue weighted by Crippen LogP contribution is 2.21. The van der Waals surface area contributed by atoms with Crippen LogP contribution in [-0.4, -0.2) is 35.5 Å². The molecule has 0 saturated heterocycles. The van der Waals surface area contributed by atoms with Crippen molar-refractivity contribution in [1.82, 2.24) is 5.32 Å². The molecule has 0 rings (SSSR count). The predicted octanol–water partition coefficient (Wildman–Crippen LogP) is 3.34. The Morgan fingerprint density at radius 1 is 1.05 bits per heavy atom. The molecule has 112 valence electrons. The van der Waals surface area contributed by atoms with Gasteiger partial charge in [0.1, 0.15) is 5.78 Å². The third-order valence-electron chi connectivity index (χ3n) is 2.48. The second-order valence-corrected chi connectivity index (χ2v) is 7.32. The predicted molar refractivity (Wildman–Crippen MR) is 90.2 cm³/mol. The fourth-order valence-electron chi connectivity index (χ4n) is 1.35. The molecular weight excluding hydrogens is 298 g/mol. The molecule has 0 heterocycles. The first kappa shape index (κ1) is 19.2. The molecule has 0 aliphatic heterocycles. The van der Waals surface area contributed by atoms with E-state index in [1.807, 2.05) is 17.7 Å². The summed E-state index contributed by atoms with van der Waals surface area (Å²) in [5, 5.41) is 2.90. The van der Waals surface area contributed by atoms with Crippen molar-refractivity contribution in [2.75, 3.05) is 23.8 Å². The van der Waals surface area contributed by atoms with E-state index in [2.05, 4.69) is 17.9 Å². The molecular formula is C13H25NO2S3. The highest BCUT2D eigenvalue weighted by molar-refractivity contribution is 8.76. The van der Waals surface area contributed by atoms with Crippen LogP contribution in [0.2, 0.25) is 0 Å². The van der Waals surface area contributed by atoms with E-state index in [0.717, 1.165) is 43.1 Å². The number of amides is 1. The van der Waals surface area contributed by atoms with Gasteiger partial charge in [-0.1, -0.05) is 28.5 Å². The molecule has 0 radical (unpaired) electrons. The smallest absolute Gasteiger partial charge is 0.220 e. The van der Waals surface area contributed by atoms with Crippen LogP contribution in [0.1, 0.15) is 45.4 Å². The first-order valence-electron chi connectivity index (χ1n) is 6.84. The van der Waals surface area contributed by atoms with Gasteiger partial charge in [-0.15, -0.1) is 0 Å². The number of nitrogens with one attached hydrogen (secondary N) is 1. The number of hydrogen-bond donors (Lipinski definition) is 2. The molecule has 0 aromatic heterocycles. The quantitative estimate of drug-likeness (QED) is 0.310. The largest absolute Gasteiger partial charge is 0.355 e. The Labute approximate surface area is 130 Å². The molecule has 0 aromatic rings. The molecule has 0 aromatic carbocycles. The van der Waals surface area contributed by atoms with E-state index in [1.54, 1.807) is 10.8 Å². The fourth-order valence-corrected chi connectivity index (χ4v) is 3.71. The number of ketones is 1. The SMILES string of the molecule is CCC(=O)CCCCC(=O)NCCSSCCCS. The summed E-state index contributed by atoms with van der Waals surface area (Å²) in [5.41, 5.74) is 0. The Morgan fingerprint density at radius 3 is 2.42 bits per heavy atom. The molecule has 0 aliphatic rings. The number of hydrogen-bond acceptors (Lipinski definition) is 5. The van der Waals surface area contributed by atoms with Gasteiger partial charge in [-0.05, 0) is 25.0 Å². The molecule has 0 atom stereocenters. The van der Waals surface area contributed by atoms with Crippen molar-refractivity contribution in [1.29, 1.82) is 0 Å². The summed E-state index contributed by atoms with van der Waals surface area (Å²) in [6.07, 6.45) is 4.52. The molecule has 1 N–H and O–H groups in total. The highest BCUT2D eigenvalue weighted by atomic mass is 33.1. The lowest BCUT2D eigenvalue weighted by Crippen LogP contribution is -2.25. The third-order valence-corrected chi connectivity index (χ3v) is 5.29.